The molecule has 3 N–H and O–H groups in total. The largest absolute Gasteiger partial charge is 0.494 e. The first-order valence-corrected chi connectivity index (χ1v) is 10.6. The lowest BCUT2D eigenvalue weighted by molar-refractivity contribution is 0.0527. The average Bonchev–Trinajstić information content (AvgIpc) is 3.01. The third-order valence-corrected chi connectivity index (χ3v) is 4.36. The van der Waals surface area contributed by atoms with Crippen molar-refractivity contribution in [3.8, 4) is 11.5 Å². The Morgan fingerprint density at radius 2 is 1.97 bits per heavy atom. The van der Waals surface area contributed by atoms with Crippen molar-refractivity contribution in [2.75, 3.05) is 26.7 Å². The van der Waals surface area contributed by atoms with Crippen LogP contribution in [0.4, 0.5) is 4.79 Å². The summed E-state index contributed by atoms with van der Waals surface area (Å²) in [6.45, 7) is 11.9. The number of amides is 1. The number of alkyl carbamates (subject to hydrolysis) is 1. The van der Waals surface area contributed by atoms with Crippen LogP contribution in [0.5, 0.6) is 11.5 Å². The molecule has 8 nitrogen and oxygen atoms in total. The first kappa shape index (κ1) is 23.6. The minimum Gasteiger partial charge on any atom is -0.494 e. The Hall–Kier alpha value is -2.64. The number of guanidine groups is 1. The van der Waals surface area contributed by atoms with Crippen LogP contribution in [0, 0.1) is 0 Å². The summed E-state index contributed by atoms with van der Waals surface area (Å²) in [6, 6.07) is 4.13. The monoisotopic (exact) mass is 420 g/mol. The highest BCUT2D eigenvalue weighted by Crippen LogP contribution is 2.35. The van der Waals surface area contributed by atoms with E-state index in [0.29, 0.717) is 32.2 Å². The van der Waals surface area contributed by atoms with Gasteiger partial charge in [-0.1, -0.05) is 0 Å². The van der Waals surface area contributed by atoms with Crippen LogP contribution >= 0.6 is 0 Å². The summed E-state index contributed by atoms with van der Waals surface area (Å²) in [5.41, 5.74) is 1.73. The molecule has 0 saturated heterocycles. The van der Waals surface area contributed by atoms with Crippen LogP contribution in [-0.2, 0) is 17.7 Å². The number of nitrogens with zero attached hydrogens (tertiary/aromatic N) is 1. The molecule has 1 unspecified atom stereocenters. The van der Waals surface area contributed by atoms with Gasteiger partial charge in [0, 0.05) is 44.2 Å². The van der Waals surface area contributed by atoms with E-state index >= 15 is 0 Å². The van der Waals surface area contributed by atoms with E-state index in [1.54, 1.807) is 7.05 Å². The highest BCUT2D eigenvalue weighted by molar-refractivity contribution is 5.79. The Morgan fingerprint density at radius 1 is 1.23 bits per heavy atom. The molecule has 0 aromatic heterocycles. The second-order valence-corrected chi connectivity index (χ2v) is 8.27. The molecule has 1 aliphatic rings. The standard InChI is InChI=1S/C22H36N4O4/c1-7-28-18-12-16-11-15(2)29-19(16)13-17(18)14-26-20(23-6)24-9-8-10-25-21(27)30-22(3,4)5/h12-13,15H,7-11,14H2,1-6H3,(H,25,27)(H2,23,24,26). The van der Waals surface area contributed by atoms with Gasteiger partial charge in [0.15, 0.2) is 5.96 Å². The maximum absolute atomic E-state index is 11.6. The molecule has 1 atom stereocenters. The van der Waals surface area contributed by atoms with E-state index < -0.39 is 11.7 Å². The van der Waals surface area contributed by atoms with E-state index in [-0.39, 0.29) is 6.10 Å². The molecule has 0 bridgehead atoms. The van der Waals surface area contributed by atoms with Crippen molar-refractivity contribution < 1.29 is 19.0 Å². The van der Waals surface area contributed by atoms with Crippen LogP contribution in [-0.4, -0.2) is 50.5 Å². The molecular formula is C22H36N4O4. The lowest BCUT2D eigenvalue weighted by Crippen LogP contribution is -2.39. The fraction of sp³-hybridized carbons (Fsp3) is 0.636. The van der Waals surface area contributed by atoms with Gasteiger partial charge < -0.3 is 30.2 Å². The predicted octanol–water partition coefficient (Wildman–Crippen LogP) is 2.99. The Balaban J connectivity index is 1.79. The number of hydrogen-bond acceptors (Lipinski definition) is 5. The number of ether oxygens (including phenoxy) is 3. The van der Waals surface area contributed by atoms with Gasteiger partial charge in [-0.15, -0.1) is 0 Å². The molecule has 0 radical (unpaired) electrons. The van der Waals surface area contributed by atoms with Crippen molar-refractivity contribution in [2.45, 2.75) is 65.7 Å². The topological polar surface area (TPSA) is 93.2 Å². The maximum atomic E-state index is 11.6. The normalized spacial score (nSPS) is 15.8. The zero-order chi connectivity index (χ0) is 22.1. The zero-order valence-corrected chi connectivity index (χ0v) is 19.1. The molecule has 168 valence electrons. The summed E-state index contributed by atoms with van der Waals surface area (Å²) in [4.78, 5) is 15.9. The molecule has 0 spiro atoms. The van der Waals surface area contributed by atoms with Gasteiger partial charge in [-0.05, 0) is 53.2 Å². The fourth-order valence-electron chi connectivity index (χ4n) is 3.11. The maximum Gasteiger partial charge on any atom is 0.407 e. The van der Waals surface area contributed by atoms with Gasteiger partial charge in [0.2, 0.25) is 0 Å². The number of rotatable bonds is 8. The van der Waals surface area contributed by atoms with Crippen molar-refractivity contribution in [3.05, 3.63) is 23.3 Å². The van der Waals surface area contributed by atoms with Gasteiger partial charge in [0.05, 0.1) is 6.61 Å². The van der Waals surface area contributed by atoms with Gasteiger partial charge >= 0.3 is 6.09 Å². The molecule has 0 fully saturated rings. The smallest absolute Gasteiger partial charge is 0.407 e. The third kappa shape index (κ3) is 7.65. The quantitative estimate of drug-likeness (QED) is 0.340. The van der Waals surface area contributed by atoms with E-state index in [4.69, 9.17) is 14.2 Å². The van der Waals surface area contributed by atoms with E-state index in [2.05, 4.69) is 40.0 Å². The SMILES string of the molecule is CCOc1cc2c(cc1CNC(=NC)NCCCNC(=O)OC(C)(C)C)OC(C)C2. The average molecular weight is 421 g/mol. The second kappa shape index (κ2) is 10.9. The molecule has 1 aliphatic heterocycles. The third-order valence-electron chi connectivity index (χ3n) is 4.36. The molecule has 0 saturated carbocycles. The van der Waals surface area contributed by atoms with Crippen LogP contribution in [0.25, 0.3) is 0 Å². The Labute approximate surface area is 179 Å². The highest BCUT2D eigenvalue weighted by Gasteiger charge is 2.22. The number of carbonyl (C=O) groups excluding carboxylic acids is 1. The van der Waals surface area contributed by atoms with Crippen LogP contribution < -0.4 is 25.4 Å². The molecule has 2 rings (SSSR count). The van der Waals surface area contributed by atoms with Crippen molar-refractivity contribution in [1.82, 2.24) is 16.0 Å². The van der Waals surface area contributed by atoms with E-state index in [0.717, 1.165) is 29.9 Å². The fourth-order valence-corrected chi connectivity index (χ4v) is 3.11. The molecule has 8 heteroatoms. The van der Waals surface area contributed by atoms with E-state index in [9.17, 15) is 4.79 Å². The summed E-state index contributed by atoms with van der Waals surface area (Å²) >= 11 is 0. The lowest BCUT2D eigenvalue weighted by atomic mass is 10.1. The van der Waals surface area contributed by atoms with Gasteiger partial charge in [-0.25, -0.2) is 4.79 Å². The number of nitrogens with one attached hydrogen (secondary N) is 3. The Bertz CT molecular complexity index is 743. The van der Waals surface area contributed by atoms with Gasteiger partial charge in [0.25, 0.3) is 0 Å². The van der Waals surface area contributed by atoms with Crippen LogP contribution in [0.1, 0.15) is 52.2 Å². The summed E-state index contributed by atoms with van der Waals surface area (Å²) in [7, 11) is 1.73. The van der Waals surface area contributed by atoms with E-state index in [1.807, 2.05) is 27.7 Å². The molecule has 1 aromatic carbocycles. The van der Waals surface area contributed by atoms with E-state index in [1.165, 1.54) is 5.56 Å². The first-order valence-electron chi connectivity index (χ1n) is 10.6. The summed E-state index contributed by atoms with van der Waals surface area (Å²) < 4.78 is 16.9. The molecular weight excluding hydrogens is 384 g/mol. The number of carbonyl (C=O) groups is 1. The Morgan fingerprint density at radius 3 is 2.63 bits per heavy atom. The van der Waals surface area contributed by atoms with Gasteiger partial charge in [-0.2, -0.15) is 0 Å². The number of benzene rings is 1. The number of fused-ring (bicyclic) bond motifs is 1. The number of aliphatic imine (C=N–C) groups is 1. The van der Waals surface area contributed by atoms with Gasteiger partial charge in [0.1, 0.15) is 23.2 Å². The first-order chi connectivity index (χ1) is 14.2. The lowest BCUT2D eigenvalue weighted by Gasteiger charge is -2.19. The number of hydrogen-bond donors (Lipinski definition) is 3. The molecule has 1 aromatic rings. The molecule has 1 heterocycles. The summed E-state index contributed by atoms with van der Waals surface area (Å²) in [6.07, 6.45) is 1.45. The molecule has 0 aliphatic carbocycles. The summed E-state index contributed by atoms with van der Waals surface area (Å²) in [5.74, 6) is 2.49. The van der Waals surface area contributed by atoms with Gasteiger partial charge in [-0.3, -0.25) is 4.99 Å². The molecule has 30 heavy (non-hydrogen) atoms. The van der Waals surface area contributed by atoms with Crippen molar-refractivity contribution in [1.29, 1.82) is 0 Å². The molecule has 1 amide bonds. The van der Waals surface area contributed by atoms with Crippen LogP contribution in [0.15, 0.2) is 17.1 Å². The van der Waals surface area contributed by atoms with Crippen LogP contribution in [0.2, 0.25) is 0 Å². The van der Waals surface area contributed by atoms with Crippen molar-refractivity contribution >= 4 is 12.1 Å². The predicted molar refractivity (Wildman–Crippen MR) is 118 cm³/mol. The minimum absolute atomic E-state index is 0.196. The zero-order valence-electron chi connectivity index (χ0n) is 19.1. The van der Waals surface area contributed by atoms with Crippen molar-refractivity contribution in [2.24, 2.45) is 4.99 Å². The summed E-state index contributed by atoms with van der Waals surface area (Å²) in [5, 5.41) is 9.30. The highest BCUT2D eigenvalue weighted by atomic mass is 16.6. The Kier molecular flexibility index (Phi) is 8.62. The van der Waals surface area contributed by atoms with Crippen LogP contribution in [0.3, 0.4) is 0 Å². The second-order valence-electron chi connectivity index (χ2n) is 8.27. The van der Waals surface area contributed by atoms with Crippen molar-refractivity contribution in [3.63, 3.8) is 0 Å². The minimum atomic E-state index is -0.491.